The average molecular weight is 266 g/mol. The SMILES string of the molecule is CCOC(=O)CCCNC(=O)c1ccn(C)c(=O)c1. The molecule has 0 saturated carbocycles. The second-order valence-electron chi connectivity index (χ2n) is 4.03. The molecular formula is C13H18N2O4. The van der Waals surface area contributed by atoms with Crippen molar-refractivity contribution in [2.24, 2.45) is 7.05 Å². The molecule has 0 aliphatic rings. The number of esters is 1. The number of hydrogen-bond donors (Lipinski definition) is 1. The summed E-state index contributed by atoms with van der Waals surface area (Å²) in [5.74, 6) is -0.591. The van der Waals surface area contributed by atoms with Crippen LogP contribution >= 0.6 is 0 Å². The number of aryl methyl sites for hydroxylation is 1. The van der Waals surface area contributed by atoms with E-state index < -0.39 is 0 Å². The van der Waals surface area contributed by atoms with E-state index in [2.05, 4.69) is 5.32 Å². The zero-order valence-corrected chi connectivity index (χ0v) is 11.1. The minimum absolute atomic E-state index is 0.237. The predicted molar refractivity (Wildman–Crippen MR) is 69.9 cm³/mol. The molecule has 0 saturated heterocycles. The molecule has 0 radical (unpaired) electrons. The predicted octanol–water partition coefficient (Wildman–Crippen LogP) is 0.458. The van der Waals surface area contributed by atoms with Crippen LogP contribution in [0.3, 0.4) is 0 Å². The van der Waals surface area contributed by atoms with Gasteiger partial charge in [-0.2, -0.15) is 0 Å². The smallest absolute Gasteiger partial charge is 0.305 e. The lowest BCUT2D eigenvalue weighted by Crippen LogP contribution is -2.27. The van der Waals surface area contributed by atoms with Crippen LogP contribution in [-0.4, -0.2) is 29.6 Å². The summed E-state index contributed by atoms with van der Waals surface area (Å²) in [6, 6.07) is 2.85. The van der Waals surface area contributed by atoms with Crippen molar-refractivity contribution in [1.29, 1.82) is 0 Å². The van der Waals surface area contributed by atoms with Crippen molar-refractivity contribution in [2.75, 3.05) is 13.2 Å². The molecule has 19 heavy (non-hydrogen) atoms. The topological polar surface area (TPSA) is 77.4 Å². The Balaban J connectivity index is 2.37. The fraction of sp³-hybridized carbons (Fsp3) is 0.462. The number of hydrogen-bond acceptors (Lipinski definition) is 4. The van der Waals surface area contributed by atoms with Gasteiger partial charge >= 0.3 is 5.97 Å². The number of ether oxygens (including phenoxy) is 1. The molecule has 0 spiro atoms. The highest BCUT2D eigenvalue weighted by Crippen LogP contribution is 1.96. The summed E-state index contributed by atoms with van der Waals surface area (Å²) in [5.41, 5.74) is 0.0819. The van der Waals surface area contributed by atoms with Crippen LogP contribution in [-0.2, 0) is 16.6 Å². The molecule has 1 rings (SSSR count). The summed E-state index contributed by atoms with van der Waals surface area (Å²) in [7, 11) is 1.61. The summed E-state index contributed by atoms with van der Waals surface area (Å²) in [6.07, 6.45) is 2.32. The van der Waals surface area contributed by atoms with Crippen molar-refractivity contribution >= 4 is 11.9 Å². The zero-order chi connectivity index (χ0) is 14.3. The summed E-state index contributed by atoms with van der Waals surface area (Å²) >= 11 is 0. The Hall–Kier alpha value is -2.11. The average Bonchev–Trinajstić information content (AvgIpc) is 2.38. The maximum atomic E-state index is 11.7. The van der Waals surface area contributed by atoms with Gasteiger partial charge in [-0.05, 0) is 19.4 Å². The summed E-state index contributed by atoms with van der Waals surface area (Å²) in [6.45, 7) is 2.47. The molecule has 0 aliphatic carbocycles. The molecular weight excluding hydrogens is 248 g/mol. The van der Waals surface area contributed by atoms with E-state index in [9.17, 15) is 14.4 Å². The molecule has 1 heterocycles. The van der Waals surface area contributed by atoms with Gasteiger partial charge in [0, 0.05) is 37.8 Å². The van der Waals surface area contributed by atoms with Gasteiger partial charge in [-0.15, -0.1) is 0 Å². The Morgan fingerprint density at radius 3 is 2.79 bits per heavy atom. The Labute approximate surface area is 111 Å². The molecule has 1 aromatic heterocycles. The molecule has 0 fully saturated rings. The first kappa shape index (κ1) is 14.9. The molecule has 0 atom stereocenters. The van der Waals surface area contributed by atoms with Gasteiger partial charge in [-0.3, -0.25) is 14.4 Å². The van der Waals surface area contributed by atoms with Crippen molar-refractivity contribution in [3.05, 3.63) is 34.2 Å². The quantitative estimate of drug-likeness (QED) is 0.599. The molecule has 104 valence electrons. The van der Waals surface area contributed by atoms with Crippen LogP contribution in [0.4, 0.5) is 0 Å². The molecule has 0 aromatic carbocycles. The highest BCUT2D eigenvalue weighted by atomic mass is 16.5. The highest BCUT2D eigenvalue weighted by Gasteiger charge is 2.07. The van der Waals surface area contributed by atoms with Crippen molar-refractivity contribution in [3.63, 3.8) is 0 Å². The highest BCUT2D eigenvalue weighted by molar-refractivity contribution is 5.93. The molecule has 1 N–H and O–H groups in total. The summed E-state index contributed by atoms with van der Waals surface area (Å²) < 4.78 is 6.15. The monoisotopic (exact) mass is 266 g/mol. The normalized spacial score (nSPS) is 10.0. The van der Waals surface area contributed by atoms with E-state index in [0.29, 0.717) is 25.1 Å². The number of rotatable bonds is 6. The van der Waals surface area contributed by atoms with E-state index >= 15 is 0 Å². The standard InChI is InChI=1S/C13H18N2O4/c1-3-19-12(17)5-4-7-14-13(18)10-6-8-15(2)11(16)9-10/h6,8-9H,3-5,7H2,1-2H3,(H,14,18). The van der Waals surface area contributed by atoms with E-state index in [4.69, 9.17) is 4.74 Å². The maximum absolute atomic E-state index is 11.7. The number of nitrogens with one attached hydrogen (secondary N) is 1. The largest absolute Gasteiger partial charge is 0.466 e. The van der Waals surface area contributed by atoms with Crippen molar-refractivity contribution < 1.29 is 14.3 Å². The lowest BCUT2D eigenvalue weighted by atomic mass is 10.2. The third-order valence-corrected chi connectivity index (χ3v) is 2.52. The number of amides is 1. The first-order valence-corrected chi connectivity index (χ1v) is 6.15. The van der Waals surface area contributed by atoms with Crippen LogP contribution in [0, 0.1) is 0 Å². The third kappa shape index (κ3) is 4.95. The van der Waals surface area contributed by atoms with Crippen LogP contribution < -0.4 is 10.9 Å². The number of nitrogens with zero attached hydrogens (tertiary/aromatic N) is 1. The van der Waals surface area contributed by atoms with Crippen molar-refractivity contribution in [3.8, 4) is 0 Å². The Morgan fingerprint density at radius 2 is 2.16 bits per heavy atom. The van der Waals surface area contributed by atoms with Gasteiger partial charge in [0.05, 0.1) is 6.61 Å². The van der Waals surface area contributed by atoms with Crippen LogP contribution in [0.1, 0.15) is 30.1 Å². The van der Waals surface area contributed by atoms with Gasteiger partial charge in [0.25, 0.3) is 11.5 Å². The Bertz CT molecular complexity index is 508. The lowest BCUT2D eigenvalue weighted by molar-refractivity contribution is -0.143. The number of carbonyl (C=O) groups is 2. The number of carbonyl (C=O) groups excluding carboxylic acids is 2. The number of aromatic nitrogens is 1. The fourth-order valence-electron chi connectivity index (χ4n) is 1.46. The first-order chi connectivity index (χ1) is 9.04. The van der Waals surface area contributed by atoms with Gasteiger partial charge in [-0.25, -0.2) is 0 Å². The minimum Gasteiger partial charge on any atom is -0.466 e. The molecule has 0 aliphatic heterocycles. The van der Waals surface area contributed by atoms with E-state index in [-0.39, 0.29) is 23.9 Å². The zero-order valence-electron chi connectivity index (χ0n) is 11.1. The minimum atomic E-state index is -0.318. The fourth-order valence-corrected chi connectivity index (χ4v) is 1.46. The molecule has 1 aromatic rings. The lowest BCUT2D eigenvalue weighted by Gasteiger charge is -2.05. The van der Waals surface area contributed by atoms with Crippen LogP contribution in [0.25, 0.3) is 0 Å². The first-order valence-electron chi connectivity index (χ1n) is 6.15. The molecule has 0 bridgehead atoms. The molecule has 0 unspecified atom stereocenters. The van der Waals surface area contributed by atoms with E-state index in [1.54, 1.807) is 20.0 Å². The summed E-state index contributed by atoms with van der Waals surface area (Å²) in [4.78, 5) is 34.1. The second kappa shape index (κ2) is 7.35. The van der Waals surface area contributed by atoms with Crippen LogP contribution in [0.15, 0.2) is 23.1 Å². The van der Waals surface area contributed by atoms with Crippen molar-refractivity contribution in [1.82, 2.24) is 9.88 Å². The Morgan fingerprint density at radius 1 is 1.42 bits per heavy atom. The van der Waals surface area contributed by atoms with E-state index in [1.807, 2.05) is 0 Å². The van der Waals surface area contributed by atoms with Gasteiger partial charge < -0.3 is 14.6 Å². The van der Waals surface area contributed by atoms with Gasteiger partial charge in [0.15, 0.2) is 0 Å². The Kier molecular flexibility index (Phi) is 5.78. The van der Waals surface area contributed by atoms with Gasteiger partial charge in [0.1, 0.15) is 0 Å². The molecule has 1 amide bonds. The molecule has 6 heteroatoms. The maximum Gasteiger partial charge on any atom is 0.305 e. The van der Waals surface area contributed by atoms with E-state index in [1.165, 1.54) is 16.8 Å². The van der Waals surface area contributed by atoms with Crippen molar-refractivity contribution in [2.45, 2.75) is 19.8 Å². The van der Waals surface area contributed by atoms with Crippen LogP contribution in [0.2, 0.25) is 0 Å². The van der Waals surface area contributed by atoms with Gasteiger partial charge in [-0.1, -0.05) is 0 Å². The van der Waals surface area contributed by atoms with Crippen LogP contribution in [0.5, 0.6) is 0 Å². The number of pyridine rings is 1. The third-order valence-electron chi connectivity index (χ3n) is 2.52. The van der Waals surface area contributed by atoms with Gasteiger partial charge in [0.2, 0.25) is 0 Å². The van der Waals surface area contributed by atoms with E-state index in [0.717, 1.165) is 0 Å². The molecule has 6 nitrogen and oxygen atoms in total. The summed E-state index contributed by atoms with van der Waals surface area (Å²) in [5, 5.41) is 2.65. The second-order valence-corrected chi connectivity index (χ2v) is 4.03.